The zero-order chi connectivity index (χ0) is 32.0. The predicted molar refractivity (Wildman–Crippen MR) is 180 cm³/mol. The van der Waals surface area contributed by atoms with Crippen LogP contribution in [-0.2, 0) is 9.47 Å². The maximum Gasteiger partial charge on any atom is 0.372 e. The van der Waals surface area contributed by atoms with Crippen LogP contribution in [0.2, 0.25) is 0 Å². The first-order chi connectivity index (χ1) is 21.0. The summed E-state index contributed by atoms with van der Waals surface area (Å²) >= 11 is 2.12. The zero-order valence-corrected chi connectivity index (χ0v) is 29.2. The summed E-state index contributed by atoms with van der Waals surface area (Å²) in [7, 11) is 3.21. The summed E-state index contributed by atoms with van der Waals surface area (Å²) in [5, 5.41) is -0.669. The lowest BCUT2D eigenvalue weighted by Gasteiger charge is -2.36. The molecule has 0 amide bonds. The number of hydrogen-bond acceptors (Lipinski definition) is 8. The van der Waals surface area contributed by atoms with E-state index in [1.165, 1.54) is 12.8 Å². The Balaban J connectivity index is 1.63. The minimum absolute atomic E-state index is 0.0999. The highest BCUT2D eigenvalue weighted by Gasteiger charge is 2.35. The first kappa shape index (κ1) is 34.6. The van der Waals surface area contributed by atoms with Gasteiger partial charge >= 0.3 is 10.6 Å². The molecule has 242 valence electrons. The molecule has 0 heterocycles. The van der Waals surface area contributed by atoms with Crippen molar-refractivity contribution in [3.05, 3.63) is 36.4 Å². The molecule has 44 heavy (non-hydrogen) atoms. The molecule has 2 aromatic carbocycles. The molecule has 8 heteroatoms. The van der Waals surface area contributed by atoms with Gasteiger partial charge in [-0.05, 0) is 109 Å². The molecule has 0 radical (unpaired) electrons. The van der Waals surface area contributed by atoms with Crippen molar-refractivity contribution in [3.8, 4) is 22.6 Å². The van der Waals surface area contributed by atoms with Crippen LogP contribution in [0.1, 0.15) is 80.1 Å². The normalized spacial score (nSPS) is 25.5. The molecule has 0 N–H and O–H groups in total. The molecular weight excluding hydrogens is 593 g/mol. The zero-order valence-electron chi connectivity index (χ0n) is 27.6. The first-order valence-corrected chi connectivity index (χ1v) is 17.8. The lowest BCUT2D eigenvalue weighted by atomic mass is 9.75. The second-order valence-electron chi connectivity index (χ2n) is 13.3. The van der Waals surface area contributed by atoms with Gasteiger partial charge in [-0.1, -0.05) is 66.5 Å². The van der Waals surface area contributed by atoms with E-state index in [1.54, 1.807) is 14.2 Å². The van der Waals surface area contributed by atoms with E-state index in [-0.39, 0.29) is 22.8 Å². The average Bonchev–Trinajstić information content (AvgIpc) is 2.96. The Morgan fingerprint density at radius 2 is 1.05 bits per heavy atom. The van der Waals surface area contributed by atoms with E-state index in [1.807, 2.05) is 36.4 Å². The summed E-state index contributed by atoms with van der Waals surface area (Å²) in [4.78, 5) is 28.3. The van der Waals surface area contributed by atoms with Crippen LogP contribution in [0.15, 0.2) is 46.2 Å². The molecule has 2 fully saturated rings. The molecule has 0 aliphatic heterocycles. The Bertz CT molecular complexity index is 1180. The van der Waals surface area contributed by atoms with E-state index < -0.39 is 0 Å². The lowest BCUT2D eigenvalue weighted by Crippen LogP contribution is -2.35. The molecule has 0 aromatic heterocycles. The van der Waals surface area contributed by atoms with Crippen molar-refractivity contribution in [1.29, 1.82) is 0 Å². The number of ether oxygens (including phenoxy) is 4. The van der Waals surface area contributed by atoms with Crippen LogP contribution < -0.4 is 9.47 Å². The summed E-state index contributed by atoms with van der Waals surface area (Å²) in [5.74, 6) is 3.81. The predicted octanol–water partition coefficient (Wildman–Crippen LogP) is 10.7. The van der Waals surface area contributed by atoms with Crippen LogP contribution >= 0.6 is 23.5 Å². The minimum Gasteiger partial charge on any atom is -0.496 e. The Morgan fingerprint density at radius 1 is 0.659 bits per heavy atom. The second-order valence-corrected chi connectivity index (χ2v) is 15.3. The molecule has 6 nitrogen and oxygen atoms in total. The summed E-state index contributed by atoms with van der Waals surface area (Å²) in [5.41, 5.74) is 1.38. The van der Waals surface area contributed by atoms with Gasteiger partial charge in [0.15, 0.2) is 0 Å². The van der Waals surface area contributed by atoms with E-state index in [9.17, 15) is 9.59 Å². The highest BCUT2D eigenvalue weighted by Crippen LogP contribution is 2.48. The lowest BCUT2D eigenvalue weighted by molar-refractivity contribution is 0.0181. The first-order valence-electron chi connectivity index (χ1n) is 16.1. The van der Waals surface area contributed by atoms with Crippen molar-refractivity contribution in [2.24, 2.45) is 35.5 Å². The van der Waals surface area contributed by atoms with E-state index in [2.05, 4.69) is 41.5 Å². The highest BCUT2D eigenvalue weighted by molar-refractivity contribution is 8.13. The fourth-order valence-electron chi connectivity index (χ4n) is 7.00. The summed E-state index contributed by atoms with van der Waals surface area (Å²) in [6.45, 7) is 13.3. The van der Waals surface area contributed by atoms with Crippen molar-refractivity contribution in [2.75, 3.05) is 14.2 Å². The number of benzene rings is 2. The van der Waals surface area contributed by atoms with Gasteiger partial charge in [0.25, 0.3) is 0 Å². The van der Waals surface area contributed by atoms with Gasteiger partial charge < -0.3 is 18.9 Å². The maximum absolute atomic E-state index is 13.5. The van der Waals surface area contributed by atoms with Crippen molar-refractivity contribution in [2.45, 2.75) is 102 Å². The molecular formula is C36H50O6S2. The Labute approximate surface area is 272 Å². The maximum atomic E-state index is 13.5. The number of thioether (sulfide) groups is 2. The van der Waals surface area contributed by atoms with E-state index >= 15 is 0 Å². The molecule has 2 saturated carbocycles. The summed E-state index contributed by atoms with van der Waals surface area (Å²) in [6, 6.07) is 11.2. The fourth-order valence-corrected chi connectivity index (χ4v) is 8.61. The third-order valence-electron chi connectivity index (χ3n) is 9.47. The van der Waals surface area contributed by atoms with Gasteiger partial charge in [0, 0.05) is 20.9 Å². The fraction of sp³-hybridized carbons (Fsp3) is 0.611. The quantitative estimate of drug-likeness (QED) is 0.198. The molecule has 2 aliphatic rings. The van der Waals surface area contributed by atoms with Crippen LogP contribution in [0.25, 0.3) is 11.1 Å². The van der Waals surface area contributed by atoms with Crippen molar-refractivity contribution >= 4 is 34.1 Å². The monoisotopic (exact) mass is 642 g/mol. The topological polar surface area (TPSA) is 71.1 Å². The smallest absolute Gasteiger partial charge is 0.372 e. The number of hydrogen-bond donors (Lipinski definition) is 0. The van der Waals surface area contributed by atoms with Gasteiger partial charge in [0.2, 0.25) is 0 Å². The number of rotatable bonds is 9. The standard InChI is InChI=1S/C36H50O6S2/c1-21(2)25-17-15-23(5)19-29(25)41-35(37)43-31-13-9-11-27(39-7)33(31)34-28(40-8)12-10-14-32(34)44-36(38)42-30-20-24(6)16-18-26(30)22(3)4/h9-14,21-26,29-30H,15-20H2,1-8H3/t23-,24-,25+,26+,29-,30-/m1/s1. The minimum atomic E-state index is -0.334. The molecule has 2 aliphatic carbocycles. The Hall–Kier alpha value is -2.32. The Morgan fingerprint density at radius 3 is 1.39 bits per heavy atom. The van der Waals surface area contributed by atoms with E-state index in [4.69, 9.17) is 18.9 Å². The number of carbonyl (C=O) groups excluding carboxylic acids is 2. The third kappa shape index (κ3) is 8.48. The highest BCUT2D eigenvalue weighted by atomic mass is 32.2. The van der Waals surface area contributed by atoms with Crippen molar-refractivity contribution in [3.63, 3.8) is 0 Å². The van der Waals surface area contributed by atoms with Crippen molar-refractivity contribution in [1.82, 2.24) is 0 Å². The van der Waals surface area contributed by atoms with E-state index in [0.29, 0.717) is 67.9 Å². The molecule has 0 spiro atoms. The van der Waals surface area contributed by atoms with Crippen LogP contribution in [0, 0.1) is 35.5 Å². The van der Waals surface area contributed by atoms with Crippen LogP contribution in [0.4, 0.5) is 9.59 Å². The number of carbonyl (C=O) groups is 2. The van der Waals surface area contributed by atoms with Gasteiger partial charge in [-0.2, -0.15) is 0 Å². The van der Waals surface area contributed by atoms with Crippen LogP contribution in [-0.4, -0.2) is 37.0 Å². The van der Waals surface area contributed by atoms with Gasteiger partial charge in [-0.3, -0.25) is 0 Å². The Kier molecular flexibility index (Phi) is 12.4. The largest absolute Gasteiger partial charge is 0.496 e. The molecule has 0 bridgehead atoms. The van der Waals surface area contributed by atoms with Crippen LogP contribution in [0.3, 0.4) is 0 Å². The molecule has 6 atom stereocenters. The van der Waals surface area contributed by atoms with Gasteiger partial charge in [-0.15, -0.1) is 0 Å². The second kappa shape index (κ2) is 15.8. The number of methoxy groups -OCH3 is 2. The SMILES string of the molecule is COc1cccc(SC(=O)O[C@@H]2C[C@H](C)CC[C@H]2C(C)C)c1-c1c(OC)cccc1SC(=O)O[C@@H]1C[C@H](C)CC[C@H]1C(C)C. The molecule has 2 aromatic rings. The van der Waals surface area contributed by atoms with Gasteiger partial charge in [0.05, 0.1) is 14.2 Å². The van der Waals surface area contributed by atoms with Crippen molar-refractivity contribution < 1.29 is 28.5 Å². The molecule has 4 rings (SSSR count). The molecule has 0 saturated heterocycles. The third-order valence-corrected chi connectivity index (χ3v) is 11.1. The van der Waals surface area contributed by atoms with E-state index in [0.717, 1.165) is 49.2 Å². The molecule has 0 unspecified atom stereocenters. The van der Waals surface area contributed by atoms with Gasteiger partial charge in [-0.25, -0.2) is 9.59 Å². The summed E-state index contributed by atoms with van der Waals surface area (Å²) in [6.07, 6.45) is 6.04. The summed E-state index contributed by atoms with van der Waals surface area (Å²) < 4.78 is 23.9. The van der Waals surface area contributed by atoms with Crippen LogP contribution in [0.5, 0.6) is 11.5 Å². The average molecular weight is 643 g/mol. The van der Waals surface area contributed by atoms with Gasteiger partial charge in [0.1, 0.15) is 23.7 Å².